The van der Waals surface area contributed by atoms with Gasteiger partial charge in [0.1, 0.15) is 11.6 Å². The summed E-state index contributed by atoms with van der Waals surface area (Å²) in [4.78, 5) is 9.02. The zero-order valence-corrected chi connectivity index (χ0v) is 14.5. The Hall–Kier alpha value is -3.19. The van der Waals surface area contributed by atoms with E-state index in [-0.39, 0.29) is 5.82 Å². The standard InChI is InChI=1S/C18H14ClFN6/c1-26-17-15(10-21-26)16(22-14-4-2-3-11(19)9-14)24-18(25-17)23-13-7-5-12(20)6-8-13/h2-10H,1H3,(H2,22,23,24,25). The van der Waals surface area contributed by atoms with Crippen LogP contribution in [0.25, 0.3) is 11.0 Å². The molecule has 0 amide bonds. The van der Waals surface area contributed by atoms with Gasteiger partial charge in [0, 0.05) is 23.4 Å². The van der Waals surface area contributed by atoms with E-state index in [1.807, 2.05) is 12.1 Å². The van der Waals surface area contributed by atoms with Crippen LogP contribution in [0.2, 0.25) is 5.02 Å². The maximum atomic E-state index is 13.1. The van der Waals surface area contributed by atoms with E-state index in [0.717, 1.165) is 11.1 Å². The number of hydrogen-bond donors (Lipinski definition) is 2. The number of aromatic nitrogens is 4. The van der Waals surface area contributed by atoms with Gasteiger partial charge in [0.05, 0.1) is 11.6 Å². The third-order valence-corrected chi connectivity index (χ3v) is 4.01. The first-order valence-electron chi connectivity index (χ1n) is 7.83. The van der Waals surface area contributed by atoms with Crippen LogP contribution in [0.4, 0.5) is 27.5 Å². The number of fused-ring (bicyclic) bond motifs is 1. The Morgan fingerprint density at radius 3 is 2.58 bits per heavy atom. The maximum absolute atomic E-state index is 13.1. The van der Waals surface area contributed by atoms with Crippen LogP contribution in [0.3, 0.4) is 0 Å². The van der Waals surface area contributed by atoms with Crippen LogP contribution in [-0.2, 0) is 7.05 Å². The molecule has 0 aliphatic carbocycles. The molecule has 8 heteroatoms. The zero-order chi connectivity index (χ0) is 18.1. The average molecular weight is 369 g/mol. The Kier molecular flexibility index (Phi) is 4.14. The fraction of sp³-hybridized carbons (Fsp3) is 0.0556. The molecule has 4 aromatic rings. The minimum absolute atomic E-state index is 0.304. The largest absolute Gasteiger partial charge is 0.339 e. The maximum Gasteiger partial charge on any atom is 0.231 e. The monoisotopic (exact) mass is 368 g/mol. The smallest absolute Gasteiger partial charge is 0.231 e. The fourth-order valence-electron chi connectivity index (χ4n) is 2.54. The highest BCUT2D eigenvalue weighted by Crippen LogP contribution is 2.27. The molecule has 0 bridgehead atoms. The van der Waals surface area contributed by atoms with Crippen molar-refractivity contribution in [3.63, 3.8) is 0 Å². The summed E-state index contributed by atoms with van der Waals surface area (Å²) in [7, 11) is 1.81. The topological polar surface area (TPSA) is 67.7 Å². The SMILES string of the molecule is Cn1ncc2c(Nc3cccc(Cl)c3)nc(Nc3ccc(F)cc3)nc21. The third-order valence-electron chi connectivity index (χ3n) is 3.78. The van der Waals surface area contributed by atoms with Gasteiger partial charge in [-0.25, -0.2) is 4.39 Å². The molecule has 0 radical (unpaired) electrons. The summed E-state index contributed by atoms with van der Waals surface area (Å²) in [6, 6.07) is 13.3. The first-order valence-corrected chi connectivity index (χ1v) is 8.21. The second-order valence-electron chi connectivity index (χ2n) is 5.67. The van der Waals surface area contributed by atoms with Crippen LogP contribution in [0.5, 0.6) is 0 Å². The molecule has 2 aromatic heterocycles. The lowest BCUT2D eigenvalue weighted by Gasteiger charge is -2.10. The van der Waals surface area contributed by atoms with Crippen molar-refractivity contribution >= 4 is 45.8 Å². The van der Waals surface area contributed by atoms with Crippen LogP contribution < -0.4 is 10.6 Å². The minimum Gasteiger partial charge on any atom is -0.339 e. The zero-order valence-electron chi connectivity index (χ0n) is 13.7. The lowest BCUT2D eigenvalue weighted by molar-refractivity contribution is 0.628. The van der Waals surface area contributed by atoms with Crippen molar-refractivity contribution in [3.05, 3.63) is 65.6 Å². The molecule has 0 atom stereocenters. The summed E-state index contributed by atoms with van der Waals surface area (Å²) < 4.78 is 14.8. The summed E-state index contributed by atoms with van der Waals surface area (Å²) in [5.41, 5.74) is 2.14. The normalized spacial score (nSPS) is 10.9. The average Bonchev–Trinajstić information content (AvgIpc) is 2.99. The molecule has 0 aliphatic rings. The van der Waals surface area contributed by atoms with Gasteiger partial charge in [-0.3, -0.25) is 4.68 Å². The minimum atomic E-state index is -0.304. The Morgan fingerprint density at radius 2 is 1.81 bits per heavy atom. The Bertz CT molecular complexity index is 1080. The van der Waals surface area contributed by atoms with Crippen molar-refractivity contribution in [1.82, 2.24) is 19.7 Å². The molecular weight excluding hydrogens is 355 g/mol. The molecular formula is C18H14ClFN6. The first-order chi connectivity index (χ1) is 12.6. The number of nitrogens with one attached hydrogen (secondary N) is 2. The van der Waals surface area contributed by atoms with Gasteiger partial charge in [-0.05, 0) is 42.5 Å². The lowest BCUT2D eigenvalue weighted by atomic mass is 10.3. The molecule has 4 rings (SSSR count). The van der Waals surface area contributed by atoms with Gasteiger partial charge >= 0.3 is 0 Å². The Labute approximate surface area is 153 Å². The van der Waals surface area contributed by atoms with Crippen LogP contribution in [0.15, 0.2) is 54.7 Å². The second kappa shape index (κ2) is 6.61. The van der Waals surface area contributed by atoms with E-state index in [0.29, 0.717) is 28.1 Å². The third kappa shape index (κ3) is 3.29. The molecule has 26 heavy (non-hydrogen) atoms. The number of benzene rings is 2. The highest BCUT2D eigenvalue weighted by Gasteiger charge is 2.12. The van der Waals surface area contributed by atoms with Crippen molar-refractivity contribution in [1.29, 1.82) is 0 Å². The molecule has 2 aromatic carbocycles. The Balaban J connectivity index is 1.74. The highest BCUT2D eigenvalue weighted by atomic mass is 35.5. The van der Waals surface area contributed by atoms with Crippen molar-refractivity contribution < 1.29 is 4.39 Å². The van der Waals surface area contributed by atoms with Gasteiger partial charge in [0.2, 0.25) is 5.95 Å². The van der Waals surface area contributed by atoms with Crippen LogP contribution >= 0.6 is 11.6 Å². The lowest BCUT2D eigenvalue weighted by Crippen LogP contribution is -2.03. The van der Waals surface area contributed by atoms with Crippen LogP contribution in [0.1, 0.15) is 0 Å². The van der Waals surface area contributed by atoms with E-state index >= 15 is 0 Å². The van der Waals surface area contributed by atoms with Gasteiger partial charge < -0.3 is 10.6 Å². The van der Waals surface area contributed by atoms with E-state index in [1.54, 1.807) is 42.2 Å². The number of anilines is 4. The fourth-order valence-corrected chi connectivity index (χ4v) is 2.73. The predicted molar refractivity (Wildman–Crippen MR) is 101 cm³/mol. The molecule has 0 aliphatic heterocycles. The summed E-state index contributed by atoms with van der Waals surface area (Å²) in [5, 5.41) is 12.0. The van der Waals surface area contributed by atoms with Gasteiger partial charge in [-0.2, -0.15) is 15.1 Å². The van der Waals surface area contributed by atoms with Crippen molar-refractivity contribution in [3.8, 4) is 0 Å². The van der Waals surface area contributed by atoms with Gasteiger partial charge in [-0.1, -0.05) is 17.7 Å². The summed E-state index contributed by atoms with van der Waals surface area (Å²) in [6.07, 6.45) is 1.70. The molecule has 2 heterocycles. The summed E-state index contributed by atoms with van der Waals surface area (Å²) in [6.45, 7) is 0. The van der Waals surface area contributed by atoms with E-state index in [9.17, 15) is 4.39 Å². The molecule has 130 valence electrons. The molecule has 6 nitrogen and oxygen atoms in total. The number of aryl methyl sites for hydroxylation is 1. The van der Waals surface area contributed by atoms with E-state index in [1.165, 1.54) is 12.1 Å². The highest BCUT2D eigenvalue weighted by molar-refractivity contribution is 6.30. The molecule has 0 saturated heterocycles. The molecule has 0 unspecified atom stereocenters. The van der Waals surface area contributed by atoms with Crippen molar-refractivity contribution in [2.24, 2.45) is 7.05 Å². The molecule has 0 fully saturated rings. The number of halogens is 2. The first kappa shape index (κ1) is 16.3. The summed E-state index contributed by atoms with van der Waals surface area (Å²) in [5.74, 6) is 0.661. The van der Waals surface area contributed by atoms with Gasteiger partial charge in [0.25, 0.3) is 0 Å². The van der Waals surface area contributed by atoms with Gasteiger partial charge in [0.15, 0.2) is 5.65 Å². The van der Waals surface area contributed by atoms with Crippen molar-refractivity contribution in [2.45, 2.75) is 0 Å². The number of hydrogen-bond acceptors (Lipinski definition) is 5. The van der Waals surface area contributed by atoms with E-state index in [4.69, 9.17) is 11.6 Å². The van der Waals surface area contributed by atoms with Gasteiger partial charge in [-0.15, -0.1) is 0 Å². The number of nitrogens with zero attached hydrogens (tertiary/aromatic N) is 4. The molecule has 0 spiro atoms. The van der Waals surface area contributed by atoms with E-state index in [2.05, 4.69) is 25.7 Å². The van der Waals surface area contributed by atoms with Crippen LogP contribution in [0, 0.1) is 5.82 Å². The second-order valence-corrected chi connectivity index (χ2v) is 6.10. The summed E-state index contributed by atoms with van der Waals surface area (Å²) >= 11 is 6.05. The molecule has 2 N–H and O–H groups in total. The Morgan fingerprint density at radius 1 is 1.00 bits per heavy atom. The molecule has 0 saturated carbocycles. The van der Waals surface area contributed by atoms with Crippen LogP contribution in [-0.4, -0.2) is 19.7 Å². The van der Waals surface area contributed by atoms with E-state index < -0.39 is 0 Å². The number of rotatable bonds is 4. The predicted octanol–water partition coefficient (Wildman–Crippen LogP) is 4.64. The quantitative estimate of drug-likeness (QED) is 0.549. The van der Waals surface area contributed by atoms with Crippen molar-refractivity contribution in [2.75, 3.05) is 10.6 Å².